The lowest BCUT2D eigenvalue weighted by Gasteiger charge is -2.26. The van der Waals surface area contributed by atoms with Crippen molar-refractivity contribution in [3.05, 3.63) is 65.2 Å². The molecule has 8 heteroatoms. The second-order valence-electron chi connectivity index (χ2n) is 8.73. The normalized spacial score (nSPS) is 14.8. The van der Waals surface area contributed by atoms with Crippen molar-refractivity contribution in [3.8, 4) is 5.75 Å². The van der Waals surface area contributed by atoms with Gasteiger partial charge in [0, 0.05) is 25.2 Å². The number of hydrogen-bond acceptors (Lipinski definition) is 7. The number of nitrogens with zero attached hydrogens (tertiary/aromatic N) is 2. The van der Waals surface area contributed by atoms with Crippen LogP contribution in [-0.4, -0.2) is 61.5 Å². The Kier molecular flexibility index (Phi) is 8.57. The number of carbonyl (C=O) groups excluding carboxylic acids is 2. The molecule has 33 heavy (non-hydrogen) atoms. The van der Waals surface area contributed by atoms with Gasteiger partial charge in [0.1, 0.15) is 11.4 Å². The van der Waals surface area contributed by atoms with Crippen LogP contribution in [0, 0.1) is 0 Å². The first-order chi connectivity index (χ1) is 15.8. The van der Waals surface area contributed by atoms with E-state index in [4.69, 9.17) is 14.2 Å². The molecule has 0 aromatic heterocycles. The summed E-state index contributed by atoms with van der Waals surface area (Å²) >= 11 is 0. The topological polar surface area (TPSA) is 89.5 Å². The molecule has 0 spiro atoms. The van der Waals surface area contributed by atoms with Crippen molar-refractivity contribution in [2.45, 2.75) is 32.9 Å². The van der Waals surface area contributed by atoms with Crippen molar-refractivity contribution < 1.29 is 23.8 Å². The number of morpholine rings is 1. The number of rotatable bonds is 8. The molecule has 1 aliphatic heterocycles. The van der Waals surface area contributed by atoms with Crippen LogP contribution in [0.5, 0.6) is 5.75 Å². The molecular weight excluding hydrogens is 422 g/mol. The molecule has 1 amide bonds. The van der Waals surface area contributed by atoms with E-state index in [0.29, 0.717) is 11.3 Å². The standard InChI is InChI=1S/C25H31N3O5/c1-25(2,3)33-23(29)18-32-22-10-6-19(7-11-22)16-26-27-24(30)21-8-4-20(5-9-21)17-28-12-14-31-15-13-28/h4-11,16H,12-15,17-18H2,1-3H3,(H,27,30)/b26-16-. The van der Waals surface area contributed by atoms with Crippen LogP contribution in [0.4, 0.5) is 0 Å². The maximum absolute atomic E-state index is 12.3. The fourth-order valence-electron chi connectivity index (χ4n) is 3.17. The highest BCUT2D eigenvalue weighted by molar-refractivity contribution is 5.94. The molecule has 2 aromatic carbocycles. The third kappa shape index (κ3) is 8.67. The number of ether oxygens (including phenoxy) is 3. The van der Waals surface area contributed by atoms with E-state index >= 15 is 0 Å². The Morgan fingerprint density at radius 3 is 2.36 bits per heavy atom. The van der Waals surface area contributed by atoms with Gasteiger partial charge >= 0.3 is 5.97 Å². The minimum Gasteiger partial charge on any atom is -0.482 e. The number of esters is 1. The van der Waals surface area contributed by atoms with Crippen LogP contribution in [0.15, 0.2) is 53.6 Å². The van der Waals surface area contributed by atoms with Gasteiger partial charge in [-0.1, -0.05) is 12.1 Å². The fourth-order valence-corrected chi connectivity index (χ4v) is 3.17. The lowest BCUT2D eigenvalue weighted by atomic mass is 10.1. The highest BCUT2D eigenvalue weighted by atomic mass is 16.6. The van der Waals surface area contributed by atoms with Gasteiger partial charge < -0.3 is 14.2 Å². The summed E-state index contributed by atoms with van der Waals surface area (Å²) in [6.07, 6.45) is 1.54. The Morgan fingerprint density at radius 2 is 1.73 bits per heavy atom. The number of hydrogen-bond donors (Lipinski definition) is 1. The van der Waals surface area contributed by atoms with E-state index in [0.717, 1.165) is 44.0 Å². The SMILES string of the molecule is CC(C)(C)OC(=O)COc1ccc(/C=N\NC(=O)c2ccc(CN3CCOCC3)cc2)cc1. The van der Waals surface area contributed by atoms with Crippen molar-refractivity contribution in [2.75, 3.05) is 32.9 Å². The molecule has 0 radical (unpaired) electrons. The first kappa shape index (κ1) is 24.4. The Morgan fingerprint density at radius 1 is 1.06 bits per heavy atom. The predicted molar refractivity (Wildman–Crippen MR) is 125 cm³/mol. The third-order valence-corrected chi connectivity index (χ3v) is 4.76. The fraction of sp³-hybridized carbons (Fsp3) is 0.400. The lowest BCUT2D eigenvalue weighted by Crippen LogP contribution is -2.35. The van der Waals surface area contributed by atoms with Crippen LogP contribution >= 0.6 is 0 Å². The second kappa shape index (κ2) is 11.6. The summed E-state index contributed by atoms with van der Waals surface area (Å²) in [7, 11) is 0. The van der Waals surface area contributed by atoms with Gasteiger partial charge in [-0.15, -0.1) is 0 Å². The van der Waals surface area contributed by atoms with Crippen molar-refractivity contribution in [1.82, 2.24) is 10.3 Å². The predicted octanol–water partition coefficient (Wildman–Crippen LogP) is 3.00. The van der Waals surface area contributed by atoms with E-state index in [1.165, 1.54) is 0 Å². The van der Waals surface area contributed by atoms with Crippen LogP contribution in [-0.2, 0) is 20.8 Å². The number of benzene rings is 2. The van der Waals surface area contributed by atoms with Gasteiger partial charge in [0.2, 0.25) is 0 Å². The molecule has 3 rings (SSSR count). The quantitative estimate of drug-likeness (QED) is 0.376. The summed E-state index contributed by atoms with van der Waals surface area (Å²) < 4.78 is 16.0. The van der Waals surface area contributed by atoms with E-state index in [-0.39, 0.29) is 12.5 Å². The van der Waals surface area contributed by atoms with E-state index in [2.05, 4.69) is 15.4 Å². The van der Waals surface area contributed by atoms with Gasteiger partial charge in [-0.2, -0.15) is 5.10 Å². The highest BCUT2D eigenvalue weighted by Gasteiger charge is 2.16. The smallest absolute Gasteiger partial charge is 0.344 e. The molecule has 1 heterocycles. The van der Waals surface area contributed by atoms with E-state index in [1.54, 1.807) is 63.4 Å². The van der Waals surface area contributed by atoms with E-state index in [9.17, 15) is 9.59 Å². The number of nitrogens with one attached hydrogen (secondary N) is 1. The largest absolute Gasteiger partial charge is 0.482 e. The first-order valence-electron chi connectivity index (χ1n) is 11.0. The van der Waals surface area contributed by atoms with Crippen LogP contribution < -0.4 is 10.2 Å². The molecular formula is C25H31N3O5. The number of carbonyl (C=O) groups is 2. The van der Waals surface area contributed by atoms with Crippen molar-refractivity contribution in [2.24, 2.45) is 5.10 Å². The van der Waals surface area contributed by atoms with E-state index < -0.39 is 11.6 Å². The van der Waals surface area contributed by atoms with Crippen molar-refractivity contribution in [1.29, 1.82) is 0 Å². The molecule has 0 saturated carbocycles. The molecule has 0 unspecified atom stereocenters. The number of hydrazone groups is 1. The minimum absolute atomic E-state index is 0.161. The summed E-state index contributed by atoms with van der Waals surface area (Å²) in [4.78, 5) is 26.4. The molecule has 0 aliphatic carbocycles. The van der Waals surface area contributed by atoms with Gasteiger partial charge in [-0.3, -0.25) is 9.69 Å². The molecule has 1 aliphatic rings. The molecule has 1 saturated heterocycles. The van der Waals surface area contributed by atoms with Crippen LogP contribution in [0.25, 0.3) is 0 Å². The zero-order valence-corrected chi connectivity index (χ0v) is 19.4. The summed E-state index contributed by atoms with van der Waals surface area (Å²) in [5, 5.41) is 4.02. The number of amides is 1. The summed E-state index contributed by atoms with van der Waals surface area (Å²) in [6, 6.07) is 14.5. The Balaban J connectivity index is 1.43. The Bertz CT molecular complexity index is 944. The maximum Gasteiger partial charge on any atom is 0.344 e. The van der Waals surface area contributed by atoms with Gasteiger partial charge in [0.05, 0.1) is 19.4 Å². The summed E-state index contributed by atoms with van der Waals surface area (Å²) in [5.74, 6) is -0.161. The molecule has 0 bridgehead atoms. The molecule has 8 nitrogen and oxygen atoms in total. The molecule has 176 valence electrons. The first-order valence-corrected chi connectivity index (χ1v) is 11.0. The molecule has 0 atom stereocenters. The van der Waals surface area contributed by atoms with Gasteiger partial charge in [-0.05, 0) is 68.3 Å². The monoisotopic (exact) mass is 453 g/mol. The minimum atomic E-state index is -0.545. The summed E-state index contributed by atoms with van der Waals surface area (Å²) in [5.41, 5.74) is 4.47. The van der Waals surface area contributed by atoms with Crippen molar-refractivity contribution >= 4 is 18.1 Å². The Hall–Kier alpha value is -3.23. The third-order valence-electron chi connectivity index (χ3n) is 4.76. The zero-order valence-electron chi connectivity index (χ0n) is 19.4. The van der Waals surface area contributed by atoms with Gasteiger partial charge in [0.15, 0.2) is 6.61 Å². The molecule has 1 fully saturated rings. The van der Waals surface area contributed by atoms with Gasteiger partial charge in [0.25, 0.3) is 5.91 Å². The highest BCUT2D eigenvalue weighted by Crippen LogP contribution is 2.13. The zero-order chi connectivity index (χ0) is 23.7. The Labute approximate surface area is 194 Å². The summed E-state index contributed by atoms with van der Waals surface area (Å²) in [6.45, 7) is 9.48. The average Bonchev–Trinajstić information content (AvgIpc) is 2.78. The van der Waals surface area contributed by atoms with Gasteiger partial charge in [-0.25, -0.2) is 10.2 Å². The van der Waals surface area contributed by atoms with E-state index in [1.807, 2.05) is 12.1 Å². The van der Waals surface area contributed by atoms with Crippen LogP contribution in [0.2, 0.25) is 0 Å². The molecule has 2 aromatic rings. The second-order valence-corrected chi connectivity index (χ2v) is 8.73. The van der Waals surface area contributed by atoms with Crippen LogP contribution in [0.1, 0.15) is 42.3 Å². The average molecular weight is 454 g/mol. The van der Waals surface area contributed by atoms with Crippen LogP contribution in [0.3, 0.4) is 0 Å². The maximum atomic E-state index is 12.3. The lowest BCUT2D eigenvalue weighted by molar-refractivity contribution is -0.157. The molecule has 1 N–H and O–H groups in total. The van der Waals surface area contributed by atoms with Crippen molar-refractivity contribution in [3.63, 3.8) is 0 Å².